The van der Waals surface area contributed by atoms with Crippen LogP contribution in [0.2, 0.25) is 10.0 Å². The van der Waals surface area contributed by atoms with Crippen LogP contribution in [0.15, 0.2) is 36.4 Å². The molecule has 4 nitrogen and oxygen atoms in total. The van der Waals surface area contributed by atoms with Crippen LogP contribution in [0.3, 0.4) is 0 Å². The van der Waals surface area contributed by atoms with Gasteiger partial charge in [-0.3, -0.25) is 9.59 Å². The molecule has 0 atom stereocenters. The van der Waals surface area contributed by atoms with Gasteiger partial charge in [0.1, 0.15) is 6.54 Å². The second kappa shape index (κ2) is 7.69. The summed E-state index contributed by atoms with van der Waals surface area (Å²) in [6.45, 7) is 5.04. The van der Waals surface area contributed by atoms with Crippen LogP contribution in [0.5, 0.6) is 0 Å². The van der Waals surface area contributed by atoms with Crippen molar-refractivity contribution in [2.45, 2.75) is 20.8 Å². The van der Waals surface area contributed by atoms with Gasteiger partial charge in [-0.1, -0.05) is 41.4 Å². The van der Waals surface area contributed by atoms with Gasteiger partial charge in [0.25, 0.3) is 0 Å². The first-order chi connectivity index (χ1) is 11.3. The Morgan fingerprint density at radius 3 is 2.29 bits per heavy atom. The summed E-state index contributed by atoms with van der Waals surface area (Å²) in [7, 11) is 0. The molecule has 0 aliphatic rings. The van der Waals surface area contributed by atoms with E-state index in [0.717, 1.165) is 11.1 Å². The third-order valence-corrected chi connectivity index (χ3v) is 4.17. The molecule has 0 aliphatic heterocycles. The van der Waals surface area contributed by atoms with Gasteiger partial charge in [-0.15, -0.1) is 0 Å². The molecular weight excluding hydrogens is 347 g/mol. The van der Waals surface area contributed by atoms with E-state index in [0.29, 0.717) is 21.4 Å². The molecule has 0 saturated carbocycles. The molecule has 0 bridgehead atoms. The van der Waals surface area contributed by atoms with Gasteiger partial charge in [-0.2, -0.15) is 0 Å². The van der Waals surface area contributed by atoms with Crippen molar-refractivity contribution in [3.05, 3.63) is 57.6 Å². The molecule has 0 aliphatic carbocycles. The summed E-state index contributed by atoms with van der Waals surface area (Å²) in [6.07, 6.45) is 0. The quantitative estimate of drug-likeness (QED) is 0.861. The van der Waals surface area contributed by atoms with E-state index in [1.54, 1.807) is 18.2 Å². The summed E-state index contributed by atoms with van der Waals surface area (Å²) >= 11 is 12.3. The first-order valence-electron chi connectivity index (χ1n) is 7.39. The Morgan fingerprint density at radius 2 is 1.71 bits per heavy atom. The van der Waals surface area contributed by atoms with Crippen LogP contribution in [0.25, 0.3) is 0 Å². The molecule has 2 aromatic rings. The zero-order chi connectivity index (χ0) is 17.9. The number of benzene rings is 2. The monoisotopic (exact) mass is 364 g/mol. The second-order valence-electron chi connectivity index (χ2n) is 5.54. The van der Waals surface area contributed by atoms with E-state index in [-0.39, 0.29) is 18.4 Å². The maximum Gasteiger partial charge on any atom is 0.244 e. The Hall–Kier alpha value is -2.04. The molecule has 0 fully saturated rings. The standard InChI is InChI=1S/C18H18Cl2N2O2/c1-11-7-8-12(2)16(9-11)21-17(24)10-22(13(3)23)18-14(19)5-4-6-15(18)20/h4-9H,10H2,1-3H3,(H,21,24). The molecule has 0 aromatic heterocycles. The van der Waals surface area contributed by atoms with Gasteiger partial charge >= 0.3 is 0 Å². The van der Waals surface area contributed by atoms with Crippen molar-refractivity contribution in [2.75, 3.05) is 16.8 Å². The number of nitrogens with zero attached hydrogens (tertiary/aromatic N) is 1. The molecule has 0 heterocycles. The molecule has 0 radical (unpaired) electrons. The van der Waals surface area contributed by atoms with Gasteiger partial charge in [0.2, 0.25) is 11.8 Å². The minimum Gasteiger partial charge on any atom is -0.324 e. The molecule has 126 valence electrons. The highest BCUT2D eigenvalue weighted by Gasteiger charge is 2.21. The molecule has 0 spiro atoms. The van der Waals surface area contributed by atoms with Crippen molar-refractivity contribution >= 4 is 46.4 Å². The van der Waals surface area contributed by atoms with E-state index in [9.17, 15) is 9.59 Å². The average Bonchev–Trinajstić information content (AvgIpc) is 2.49. The molecule has 2 rings (SSSR count). The van der Waals surface area contributed by atoms with Gasteiger partial charge in [-0.25, -0.2) is 0 Å². The lowest BCUT2D eigenvalue weighted by Gasteiger charge is -2.23. The summed E-state index contributed by atoms with van der Waals surface area (Å²) in [5.41, 5.74) is 3.03. The van der Waals surface area contributed by atoms with Crippen LogP contribution in [-0.4, -0.2) is 18.4 Å². The summed E-state index contributed by atoms with van der Waals surface area (Å²) in [5.74, 6) is -0.643. The number of anilines is 2. The lowest BCUT2D eigenvalue weighted by atomic mass is 10.1. The Balaban J connectivity index is 2.24. The lowest BCUT2D eigenvalue weighted by Crippen LogP contribution is -2.37. The van der Waals surface area contributed by atoms with E-state index in [1.807, 2.05) is 32.0 Å². The SMILES string of the molecule is CC(=O)N(CC(=O)Nc1cc(C)ccc1C)c1c(Cl)cccc1Cl. The molecule has 0 saturated heterocycles. The van der Waals surface area contributed by atoms with Crippen molar-refractivity contribution in [2.24, 2.45) is 0 Å². The number of carbonyl (C=O) groups is 2. The Morgan fingerprint density at radius 1 is 1.08 bits per heavy atom. The molecular formula is C18H18Cl2N2O2. The zero-order valence-corrected chi connectivity index (χ0v) is 15.2. The number of hydrogen-bond donors (Lipinski definition) is 1. The topological polar surface area (TPSA) is 49.4 Å². The number of aryl methyl sites for hydroxylation is 2. The van der Waals surface area contributed by atoms with Crippen LogP contribution in [0.4, 0.5) is 11.4 Å². The molecule has 0 unspecified atom stereocenters. The number of amides is 2. The van der Waals surface area contributed by atoms with E-state index < -0.39 is 0 Å². The van der Waals surface area contributed by atoms with Crippen LogP contribution in [0.1, 0.15) is 18.1 Å². The molecule has 1 N–H and O–H groups in total. The Kier molecular flexibility index (Phi) is 5.86. The summed E-state index contributed by atoms with van der Waals surface area (Å²) in [6, 6.07) is 10.7. The number of halogens is 2. The third kappa shape index (κ3) is 4.28. The third-order valence-electron chi connectivity index (χ3n) is 3.56. The number of rotatable bonds is 4. The van der Waals surface area contributed by atoms with Crippen molar-refractivity contribution in [1.29, 1.82) is 0 Å². The number of nitrogens with one attached hydrogen (secondary N) is 1. The zero-order valence-electron chi connectivity index (χ0n) is 13.7. The smallest absolute Gasteiger partial charge is 0.244 e. The lowest BCUT2D eigenvalue weighted by molar-refractivity contribution is -0.120. The maximum absolute atomic E-state index is 12.4. The first-order valence-corrected chi connectivity index (χ1v) is 8.14. The molecule has 2 aromatic carbocycles. The summed E-state index contributed by atoms with van der Waals surface area (Å²) < 4.78 is 0. The van der Waals surface area contributed by atoms with Gasteiger partial charge < -0.3 is 10.2 Å². The van der Waals surface area contributed by atoms with Crippen molar-refractivity contribution < 1.29 is 9.59 Å². The fourth-order valence-corrected chi connectivity index (χ4v) is 2.90. The highest BCUT2D eigenvalue weighted by atomic mass is 35.5. The highest BCUT2D eigenvalue weighted by Crippen LogP contribution is 2.33. The van der Waals surface area contributed by atoms with Crippen LogP contribution in [-0.2, 0) is 9.59 Å². The molecule has 2 amide bonds. The largest absolute Gasteiger partial charge is 0.324 e. The average molecular weight is 365 g/mol. The van der Waals surface area contributed by atoms with Crippen LogP contribution in [0, 0.1) is 13.8 Å². The van der Waals surface area contributed by atoms with E-state index >= 15 is 0 Å². The van der Waals surface area contributed by atoms with Crippen LogP contribution >= 0.6 is 23.2 Å². The van der Waals surface area contributed by atoms with Crippen molar-refractivity contribution in [1.82, 2.24) is 0 Å². The van der Waals surface area contributed by atoms with Gasteiger partial charge in [0, 0.05) is 12.6 Å². The van der Waals surface area contributed by atoms with Gasteiger partial charge in [0.05, 0.1) is 15.7 Å². The molecule has 24 heavy (non-hydrogen) atoms. The highest BCUT2D eigenvalue weighted by molar-refractivity contribution is 6.40. The van der Waals surface area contributed by atoms with E-state index in [4.69, 9.17) is 23.2 Å². The normalized spacial score (nSPS) is 10.4. The van der Waals surface area contributed by atoms with Gasteiger partial charge in [0.15, 0.2) is 0 Å². The van der Waals surface area contributed by atoms with E-state index in [1.165, 1.54) is 11.8 Å². The predicted octanol–water partition coefficient (Wildman–Crippen LogP) is 4.60. The second-order valence-corrected chi connectivity index (χ2v) is 6.36. The number of hydrogen-bond acceptors (Lipinski definition) is 2. The van der Waals surface area contributed by atoms with Crippen molar-refractivity contribution in [3.8, 4) is 0 Å². The summed E-state index contributed by atoms with van der Waals surface area (Å²) in [4.78, 5) is 25.7. The Bertz CT molecular complexity index is 770. The fraction of sp³-hybridized carbons (Fsp3) is 0.222. The Labute approximate surface area is 151 Å². The minimum atomic E-state index is -0.324. The fourth-order valence-electron chi connectivity index (χ4n) is 2.30. The predicted molar refractivity (Wildman–Crippen MR) is 99.0 cm³/mol. The van der Waals surface area contributed by atoms with E-state index in [2.05, 4.69) is 5.32 Å². The van der Waals surface area contributed by atoms with Crippen LogP contribution < -0.4 is 10.2 Å². The maximum atomic E-state index is 12.4. The minimum absolute atomic E-state index is 0.174. The van der Waals surface area contributed by atoms with Crippen molar-refractivity contribution in [3.63, 3.8) is 0 Å². The number of carbonyl (C=O) groups excluding carboxylic acids is 2. The van der Waals surface area contributed by atoms with Gasteiger partial charge in [-0.05, 0) is 43.2 Å². The summed E-state index contributed by atoms with van der Waals surface area (Å²) in [5, 5.41) is 3.46. The number of para-hydroxylation sites is 1. The molecule has 6 heteroatoms. The first kappa shape index (κ1) is 18.3.